The maximum absolute atomic E-state index is 15.1. The first kappa shape index (κ1) is 29.1. The molecule has 3 aliphatic carbocycles. The van der Waals surface area contributed by atoms with Crippen molar-refractivity contribution < 1.29 is 28.7 Å². The Labute approximate surface area is 261 Å². The SMILES string of the molecule is CC(C)(C)N1C(=O)C2CC=C3C(CC4C(=O)C(c5ccccc5)=CC(=O)C4(c4ccccc4)C3c3cccc(F)c3O)C2C1=O. The lowest BCUT2D eigenvalue weighted by molar-refractivity contribution is -0.145. The summed E-state index contributed by atoms with van der Waals surface area (Å²) in [4.78, 5) is 58.9. The number of allylic oxidation sites excluding steroid dienone is 4. The molecule has 7 rings (SSSR count). The van der Waals surface area contributed by atoms with E-state index in [1.807, 2.05) is 39.0 Å². The molecule has 0 radical (unpaired) electrons. The van der Waals surface area contributed by atoms with E-state index in [4.69, 9.17) is 0 Å². The van der Waals surface area contributed by atoms with Gasteiger partial charge in [-0.25, -0.2) is 4.39 Å². The third-order valence-corrected chi connectivity index (χ3v) is 10.4. The second kappa shape index (κ2) is 10.2. The summed E-state index contributed by atoms with van der Waals surface area (Å²) < 4.78 is 15.1. The third-order valence-electron chi connectivity index (χ3n) is 10.4. The van der Waals surface area contributed by atoms with Crippen LogP contribution in [0, 0.1) is 29.5 Å². The van der Waals surface area contributed by atoms with E-state index < -0.39 is 52.1 Å². The molecule has 6 atom stereocenters. The van der Waals surface area contributed by atoms with Crippen LogP contribution in [0.3, 0.4) is 0 Å². The minimum atomic E-state index is -1.52. The van der Waals surface area contributed by atoms with E-state index in [2.05, 4.69) is 0 Å². The van der Waals surface area contributed by atoms with Crippen LogP contribution < -0.4 is 0 Å². The fourth-order valence-corrected chi connectivity index (χ4v) is 8.64. The molecule has 1 saturated carbocycles. The van der Waals surface area contributed by atoms with E-state index in [0.717, 1.165) is 6.07 Å². The Bertz CT molecular complexity index is 1820. The Morgan fingerprint density at radius 2 is 1.51 bits per heavy atom. The Hall–Kier alpha value is -4.65. The molecule has 0 spiro atoms. The molecule has 1 aliphatic heterocycles. The van der Waals surface area contributed by atoms with Gasteiger partial charge in [-0.3, -0.25) is 24.1 Å². The highest BCUT2D eigenvalue weighted by Crippen LogP contribution is 2.64. The number of amides is 2. The lowest BCUT2D eigenvalue weighted by Gasteiger charge is -2.55. The topological polar surface area (TPSA) is 91.8 Å². The van der Waals surface area contributed by atoms with E-state index in [9.17, 15) is 24.3 Å². The molecule has 3 aromatic carbocycles. The number of aromatic hydroxyl groups is 1. The number of nitrogens with zero attached hydrogens (tertiary/aromatic N) is 1. The van der Waals surface area contributed by atoms with Gasteiger partial charge in [0.2, 0.25) is 11.8 Å². The molecule has 6 unspecified atom stereocenters. The Morgan fingerprint density at radius 3 is 2.18 bits per heavy atom. The van der Waals surface area contributed by atoms with Crippen LogP contribution in [0.25, 0.3) is 5.57 Å². The fraction of sp³-hybridized carbons (Fsp3) is 0.316. The predicted molar refractivity (Wildman–Crippen MR) is 166 cm³/mol. The molecule has 0 aromatic heterocycles. The van der Waals surface area contributed by atoms with Crippen molar-refractivity contribution in [3.05, 3.63) is 119 Å². The number of ketones is 2. The molecule has 45 heavy (non-hydrogen) atoms. The van der Waals surface area contributed by atoms with E-state index in [-0.39, 0.29) is 47.4 Å². The van der Waals surface area contributed by atoms with E-state index in [1.165, 1.54) is 17.0 Å². The monoisotopic (exact) mass is 603 g/mol. The van der Waals surface area contributed by atoms with Crippen LogP contribution in [0.1, 0.15) is 56.2 Å². The number of likely N-dealkylation sites (tertiary alicyclic amines) is 1. The molecule has 4 aliphatic rings. The zero-order valence-electron chi connectivity index (χ0n) is 25.4. The molecule has 2 amide bonds. The van der Waals surface area contributed by atoms with Crippen molar-refractivity contribution in [2.45, 2.75) is 50.5 Å². The van der Waals surface area contributed by atoms with E-state index >= 15 is 4.39 Å². The number of benzene rings is 3. The summed E-state index contributed by atoms with van der Waals surface area (Å²) in [6, 6.07) is 22.3. The van der Waals surface area contributed by atoms with Crippen LogP contribution in [-0.2, 0) is 24.6 Å². The number of carbonyl (C=O) groups is 4. The molecule has 6 nitrogen and oxygen atoms in total. The normalized spacial score (nSPS) is 29.5. The van der Waals surface area contributed by atoms with Gasteiger partial charge in [0.1, 0.15) is 0 Å². The summed E-state index contributed by atoms with van der Waals surface area (Å²) in [5.41, 5.74) is 0.0748. The van der Waals surface area contributed by atoms with Crippen LogP contribution in [0.5, 0.6) is 5.75 Å². The first-order valence-corrected chi connectivity index (χ1v) is 15.4. The Kier molecular flexibility index (Phi) is 6.59. The van der Waals surface area contributed by atoms with Crippen molar-refractivity contribution in [3.63, 3.8) is 0 Å². The zero-order chi connectivity index (χ0) is 31.8. The summed E-state index contributed by atoms with van der Waals surface area (Å²) in [7, 11) is 0. The molecule has 1 heterocycles. The van der Waals surface area contributed by atoms with Crippen LogP contribution >= 0.6 is 0 Å². The van der Waals surface area contributed by atoms with Crippen molar-refractivity contribution >= 4 is 29.0 Å². The predicted octanol–water partition coefficient (Wildman–Crippen LogP) is 6.15. The van der Waals surface area contributed by atoms with Gasteiger partial charge in [0, 0.05) is 28.5 Å². The number of para-hydroxylation sites is 1. The molecular weight excluding hydrogens is 569 g/mol. The molecule has 228 valence electrons. The summed E-state index contributed by atoms with van der Waals surface area (Å²) in [5, 5.41) is 11.3. The maximum Gasteiger partial charge on any atom is 0.234 e. The van der Waals surface area contributed by atoms with Gasteiger partial charge in [-0.1, -0.05) is 84.4 Å². The lowest BCUT2D eigenvalue weighted by Crippen LogP contribution is -2.59. The third kappa shape index (κ3) is 4.06. The van der Waals surface area contributed by atoms with Gasteiger partial charge in [0.05, 0.1) is 17.3 Å². The fourth-order valence-electron chi connectivity index (χ4n) is 8.64. The van der Waals surface area contributed by atoms with Gasteiger partial charge in [-0.15, -0.1) is 0 Å². The van der Waals surface area contributed by atoms with Crippen molar-refractivity contribution in [2.24, 2.45) is 23.7 Å². The van der Waals surface area contributed by atoms with Gasteiger partial charge < -0.3 is 5.11 Å². The zero-order valence-corrected chi connectivity index (χ0v) is 25.4. The van der Waals surface area contributed by atoms with Crippen molar-refractivity contribution in [2.75, 3.05) is 0 Å². The number of halogens is 1. The van der Waals surface area contributed by atoms with Crippen LogP contribution in [0.15, 0.2) is 96.6 Å². The van der Waals surface area contributed by atoms with Gasteiger partial charge in [-0.05, 0) is 62.8 Å². The van der Waals surface area contributed by atoms with Crippen molar-refractivity contribution in [1.82, 2.24) is 4.90 Å². The standard InChI is InChI=1S/C38H34FNO5/c1-37(2,3)40-35(44)24-18-17-23-27(31(24)36(40)45)19-28-33(42)26(21-11-6-4-7-12-21)20-30(41)38(28,22-13-8-5-9-14-22)32(23)25-15-10-16-29(39)34(25)43/h4-17,20,24,27-28,31-32,43H,18-19H2,1-3H3. The Morgan fingerprint density at radius 1 is 0.844 bits per heavy atom. The largest absolute Gasteiger partial charge is 0.505 e. The summed E-state index contributed by atoms with van der Waals surface area (Å²) in [6.07, 6.45) is 3.74. The number of rotatable bonds is 3. The molecule has 1 saturated heterocycles. The maximum atomic E-state index is 15.1. The minimum absolute atomic E-state index is 0.153. The first-order chi connectivity index (χ1) is 21.5. The molecule has 1 N–H and O–H groups in total. The highest BCUT2D eigenvalue weighted by Gasteiger charge is 2.66. The number of hydrogen-bond donors (Lipinski definition) is 1. The molecule has 3 aromatic rings. The first-order valence-electron chi connectivity index (χ1n) is 15.4. The molecule has 0 bridgehead atoms. The van der Waals surface area contributed by atoms with E-state index in [0.29, 0.717) is 16.7 Å². The number of fused-ring (bicyclic) bond motifs is 4. The van der Waals surface area contributed by atoms with Crippen molar-refractivity contribution in [3.8, 4) is 5.75 Å². The molecule has 7 heteroatoms. The summed E-state index contributed by atoms with van der Waals surface area (Å²) in [6.45, 7) is 5.47. The van der Waals surface area contributed by atoms with Gasteiger partial charge in [-0.2, -0.15) is 0 Å². The summed E-state index contributed by atoms with van der Waals surface area (Å²) >= 11 is 0. The number of imide groups is 1. The van der Waals surface area contributed by atoms with E-state index in [1.54, 1.807) is 54.6 Å². The average molecular weight is 604 g/mol. The van der Waals surface area contributed by atoms with Crippen molar-refractivity contribution in [1.29, 1.82) is 0 Å². The average Bonchev–Trinajstić information content (AvgIpc) is 3.30. The number of carbonyl (C=O) groups excluding carboxylic acids is 4. The van der Waals surface area contributed by atoms with Crippen LogP contribution in [0.2, 0.25) is 0 Å². The second-order valence-corrected chi connectivity index (χ2v) is 13.6. The number of Topliss-reactive ketones (excluding diaryl/α,β-unsaturated/α-hetero) is 1. The molecule has 2 fully saturated rings. The lowest BCUT2D eigenvalue weighted by atomic mass is 9.44. The van der Waals surface area contributed by atoms with Crippen LogP contribution in [-0.4, -0.2) is 38.9 Å². The quantitative estimate of drug-likeness (QED) is 0.286. The van der Waals surface area contributed by atoms with Crippen LogP contribution in [0.4, 0.5) is 4.39 Å². The molecular formula is C38H34FNO5. The van der Waals surface area contributed by atoms with Gasteiger partial charge >= 0.3 is 0 Å². The second-order valence-electron chi connectivity index (χ2n) is 13.6. The Balaban J connectivity index is 1.52. The number of phenols is 1. The summed E-state index contributed by atoms with van der Waals surface area (Å²) in [5.74, 6) is -6.38. The smallest absolute Gasteiger partial charge is 0.234 e. The number of phenolic OH excluding ortho intramolecular Hbond substituents is 1. The van der Waals surface area contributed by atoms with Gasteiger partial charge in [0.15, 0.2) is 23.1 Å². The van der Waals surface area contributed by atoms with Gasteiger partial charge in [0.25, 0.3) is 0 Å². The number of hydrogen-bond acceptors (Lipinski definition) is 5. The highest BCUT2D eigenvalue weighted by atomic mass is 19.1. The minimum Gasteiger partial charge on any atom is -0.505 e. The highest BCUT2D eigenvalue weighted by molar-refractivity contribution is 6.31.